The van der Waals surface area contributed by atoms with Crippen LogP contribution in [0.1, 0.15) is 111 Å². The number of rotatable bonds is 20. The average molecular weight is 1330 g/mol. The number of carboxylic acids is 1. The van der Waals surface area contributed by atoms with Crippen LogP contribution >= 0.6 is 46.4 Å². The molecule has 4 aromatic rings. The molecule has 21 nitrogen and oxygen atoms in total. The number of aliphatic carboxylic acids is 1. The van der Waals surface area contributed by atoms with Gasteiger partial charge in [-0.15, -0.1) is 0 Å². The minimum absolute atomic E-state index is 0.0105. The number of alkyl carbamates (subject to hydrolysis) is 2. The Bertz CT molecular complexity index is 3130. The maximum atomic E-state index is 13.7. The number of benzene rings is 4. The standard InChI is InChI=1S/C30H38Cl2N4O5.C18H26N2O3.C17H22Cl2N2O5/c1-20(37)17-22-7-5-6-8-26(22)35-13-15-36(16-14-35)28(39)25(18-21-9-10-23(31)19-24(21)32)34-27(38)11-12-33-29(40)41-30(2,3)4;1-14(21)13-15-7-5-6-8-16(15)19-9-11-20(12-10-19)17(22)23-18(2,3)4;1-17(2,3)26-16(25)20-7-6-14(22)21-13(15(23)24)8-10-4-5-11(18)9-12(10)19/h5-10,19,25H,11-18H2,1-4H3,(H,33,40)(H,34,38);5-8H,9-13H2,1-4H3;4-5,9,13H,6-8H2,1-3H3,(H,20,25)(H,21,22)(H,23,24)/t25-;;13-/m1.1/s1. The van der Waals surface area contributed by atoms with Gasteiger partial charge in [-0.1, -0.05) is 94.9 Å². The lowest BCUT2D eigenvalue weighted by Crippen LogP contribution is -2.56. The second-order valence-electron chi connectivity index (χ2n) is 24.6. The quantitative estimate of drug-likeness (QED) is 0.0515. The smallest absolute Gasteiger partial charge is 0.410 e. The Morgan fingerprint density at radius 3 is 1.22 bits per heavy atom. The van der Waals surface area contributed by atoms with Crippen molar-refractivity contribution in [2.45, 2.75) is 144 Å². The monoisotopic (exact) mass is 1330 g/mol. The molecule has 0 unspecified atom stereocenters. The van der Waals surface area contributed by atoms with E-state index >= 15 is 0 Å². The van der Waals surface area contributed by atoms with Gasteiger partial charge in [0, 0.05) is 135 Å². The number of ether oxygens (including phenoxy) is 3. The number of ketones is 2. The van der Waals surface area contributed by atoms with E-state index in [1.165, 1.54) is 6.07 Å². The first kappa shape index (κ1) is 75.1. The molecule has 2 saturated heterocycles. The molecule has 4 aromatic carbocycles. The van der Waals surface area contributed by atoms with Gasteiger partial charge in [0.2, 0.25) is 17.7 Å². The number of carbonyl (C=O) groups excluding carboxylic acids is 8. The van der Waals surface area contributed by atoms with E-state index in [0.29, 0.717) is 83.3 Å². The SMILES string of the molecule is CC(=O)Cc1ccccc1N1CCN(C(=O)OC(C)(C)C)CC1.CC(=O)Cc1ccccc1N1CCN(C(=O)[C@@H](Cc2ccc(Cl)cc2Cl)NC(=O)CCNC(=O)OC(C)(C)C)CC1.CC(C)(C)OC(=O)NCCC(=O)N[C@H](Cc1ccc(Cl)cc1Cl)C(=O)O. The summed E-state index contributed by atoms with van der Waals surface area (Å²) in [7, 11) is 0. The topological polar surface area (TPSA) is 263 Å². The number of amides is 6. The van der Waals surface area contributed by atoms with E-state index in [1.54, 1.807) is 95.5 Å². The summed E-state index contributed by atoms with van der Waals surface area (Å²) in [6.45, 7) is 24.1. The maximum absolute atomic E-state index is 13.7. The summed E-state index contributed by atoms with van der Waals surface area (Å²) >= 11 is 24.3. The molecule has 0 saturated carbocycles. The van der Waals surface area contributed by atoms with Crippen LogP contribution in [0.2, 0.25) is 20.1 Å². The number of carbonyl (C=O) groups is 9. The number of nitrogens with one attached hydrogen (secondary N) is 4. The van der Waals surface area contributed by atoms with Crippen molar-refractivity contribution in [2.24, 2.45) is 0 Å². The van der Waals surface area contributed by atoms with Crippen molar-refractivity contribution in [3.63, 3.8) is 0 Å². The highest BCUT2D eigenvalue weighted by molar-refractivity contribution is 6.35. The van der Waals surface area contributed by atoms with Crippen molar-refractivity contribution in [2.75, 3.05) is 75.2 Å². The summed E-state index contributed by atoms with van der Waals surface area (Å²) in [5.74, 6) is -2.07. The van der Waals surface area contributed by atoms with Gasteiger partial charge in [0.1, 0.15) is 40.5 Å². The molecule has 0 aromatic heterocycles. The molecule has 2 heterocycles. The molecule has 0 radical (unpaired) electrons. The third-order valence-electron chi connectivity index (χ3n) is 13.3. The molecule has 6 rings (SSSR count). The first-order chi connectivity index (χ1) is 42.1. The largest absolute Gasteiger partial charge is 0.480 e. The molecule has 2 aliphatic rings. The van der Waals surface area contributed by atoms with Crippen molar-refractivity contribution in [1.82, 2.24) is 31.1 Å². The van der Waals surface area contributed by atoms with Crippen LogP contribution in [0.25, 0.3) is 0 Å². The average Bonchev–Trinajstić information content (AvgIpc) is 1.72. The fourth-order valence-electron chi connectivity index (χ4n) is 9.25. The molecule has 2 atom stereocenters. The van der Waals surface area contributed by atoms with Gasteiger partial charge < -0.3 is 60.2 Å². The molecule has 90 heavy (non-hydrogen) atoms. The fraction of sp³-hybridized carbons (Fsp3) is 0.492. The normalized spacial score (nSPS) is 14.0. The number of nitrogens with zero attached hydrogens (tertiary/aromatic N) is 4. The third-order valence-corrected chi connectivity index (χ3v) is 14.4. The van der Waals surface area contributed by atoms with E-state index in [0.717, 1.165) is 35.6 Å². The minimum atomic E-state index is -1.19. The predicted molar refractivity (Wildman–Crippen MR) is 350 cm³/mol. The molecule has 0 bridgehead atoms. The summed E-state index contributed by atoms with van der Waals surface area (Å²) in [6.07, 6.45) is -0.639. The van der Waals surface area contributed by atoms with Crippen molar-refractivity contribution in [3.05, 3.63) is 127 Å². The van der Waals surface area contributed by atoms with Gasteiger partial charge in [-0.25, -0.2) is 19.2 Å². The molecular formula is C65H86Cl4N8O13. The lowest BCUT2D eigenvalue weighted by molar-refractivity contribution is -0.141. The molecule has 6 amide bonds. The molecule has 0 aliphatic carbocycles. The number of halogens is 4. The van der Waals surface area contributed by atoms with Crippen LogP contribution in [0.5, 0.6) is 0 Å². The Hall–Kier alpha value is -7.33. The Morgan fingerprint density at radius 2 is 0.856 bits per heavy atom. The van der Waals surface area contributed by atoms with Gasteiger partial charge in [0.15, 0.2) is 0 Å². The Kier molecular flexibility index (Phi) is 29.5. The second kappa shape index (κ2) is 35.3. The van der Waals surface area contributed by atoms with Crippen LogP contribution in [0.15, 0.2) is 84.9 Å². The van der Waals surface area contributed by atoms with E-state index in [2.05, 4.69) is 31.1 Å². The molecule has 2 aliphatic heterocycles. The summed E-state index contributed by atoms with van der Waals surface area (Å²) in [5, 5.41) is 21.2. The molecule has 25 heteroatoms. The number of anilines is 2. The highest BCUT2D eigenvalue weighted by atomic mass is 35.5. The number of Topliss-reactive ketones (excluding diaryl/α,β-unsaturated/α-hetero) is 2. The maximum Gasteiger partial charge on any atom is 0.410 e. The summed E-state index contributed by atoms with van der Waals surface area (Å²) in [4.78, 5) is 116. The molecular weight excluding hydrogens is 1240 g/mol. The van der Waals surface area contributed by atoms with Crippen LogP contribution in [-0.2, 0) is 68.7 Å². The summed E-state index contributed by atoms with van der Waals surface area (Å²) < 4.78 is 15.7. The number of carboxylic acid groups (broad SMARTS) is 1. The number of hydrogen-bond donors (Lipinski definition) is 5. The van der Waals surface area contributed by atoms with Crippen LogP contribution in [0.3, 0.4) is 0 Å². The van der Waals surface area contributed by atoms with Crippen LogP contribution < -0.4 is 31.1 Å². The van der Waals surface area contributed by atoms with Gasteiger partial charge in [0.25, 0.3) is 0 Å². The molecule has 5 N–H and O–H groups in total. The Balaban J connectivity index is 0.000000305. The van der Waals surface area contributed by atoms with E-state index < -0.39 is 52.9 Å². The summed E-state index contributed by atoms with van der Waals surface area (Å²) in [6, 6.07) is 23.5. The number of piperazine rings is 2. The highest BCUT2D eigenvalue weighted by Gasteiger charge is 2.32. The first-order valence-corrected chi connectivity index (χ1v) is 31.1. The van der Waals surface area contributed by atoms with Crippen LogP contribution in [-0.4, -0.2) is 163 Å². The fourth-order valence-corrected chi connectivity index (χ4v) is 10.2. The predicted octanol–water partition coefficient (Wildman–Crippen LogP) is 10.3. The van der Waals surface area contributed by atoms with Gasteiger partial charge >= 0.3 is 24.2 Å². The van der Waals surface area contributed by atoms with Crippen molar-refractivity contribution in [3.8, 4) is 0 Å². The van der Waals surface area contributed by atoms with Gasteiger partial charge in [-0.3, -0.25) is 24.0 Å². The summed E-state index contributed by atoms with van der Waals surface area (Å²) in [5.41, 5.74) is 3.56. The van der Waals surface area contributed by atoms with E-state index in [1.807, 2.05) is 69.3 Å². The van der Waals surface area contributed by atoms with E-state index in [9.17, 15) is 48.3 Å². The lowest BCUT2D eigenvalue weighted by Gasteiger charge is -2.38. The zero-order valence-electron chi connectivity index (χ0n) is 53.2. The van der Waals surface area contributed by atoms with Crippen molar-refractivity contribution < 1.29 is 62.5 Å². The highest BCUT2D eigenvalue weighted by Crippen LogP contribution is 2.27. The van der Waals surface area contributed by atoms with E-state index in [4.69, 9.17) is 60.6 Å². The lowest BCUT2D eigenvalue weighted by atomic mass is 10.0. The Labute approximate surface area is 548 Å². The van der Waals surface area contributed by atoms with Gasteiger partial charge in [0.05, 0.1) is 0 Å². The van der Waals surface area contributed by atoms with Crippen LogP contribution in [0.4, 0.5) is 25.8 Å². The van der Waals surface area contributed by atoms with Crippen LogP contribution in [0, 0.1) is 0 Å². The van der Waals surface area contributed by atoms with Gasteiger partial charge in [-0.05, 0) is 135 Å². The van der Waals surface area contributed by atoms with Gasteiger partial charge in [-0.2, -0.15) is 0 Å². The molecule has 2 fully saturated rings. The van der Waals surface area contributed by atoms with E-state index in [-0.39, 0.29) is 68.2 Å². The van der Waals surface area contributed by atoms with Crippen molar-refractivity contribution >= 4 is 111 Å². The Morgan fingerprint density at radius 1 is 0.489 bits per heavy atom. The van der Waals surface area contributed by atoms with Crippen molar-refractivity contribution in [1.29, 1.82) is 0 Å². The number of hydrogen-bond acceptors (Lipinski definition) is 14. The zero-order valence-corrected chi connectivity index (χ0v) is 56.2. The molecule has 0 spiro atoms. The molecule has 492 valence electrons. The second-order valence-corrected chi connectivity index (χ2v) is 26.3. The number of para-hydroxylation sites is 2. The first-order valence-electron chi connectivity index (χ1n) is 29.6. The zero-order chi connectivity index (χ0) is 67.1. The third kappa shape index (κ3) is 27.8. The minimum Gasteiger partial charge on any atom is -0.480 e.